The minimum Gasteiger partial charge on any atom is -0.265 e. The van der Waals surface area contributed by atoms with Crippen LogP contribution < -0.4 is 4.72 Å². The van der Waals surface area contributed by atoms with Crippen LogP contribution in [0, 0.1) is 0 Å². The molecule has 0 saturated carbocycles. The van der Waals surface area contributed by atoms with Gasteiger partial charge in [0.25, 0.3) is 0 Å². The van der Waals surface area contributed by atoms with E-state index in [1.807, 2.05) is 17.5 Å². The van der Waals surface area contributed by atoms with E-state index in [4.69, 9.17) is 0 Å². The summed E-state index contributed by atoms with van der Waals surface area (Å²) in [6.45, 7) is 0.390. The number of sulfonamides is 1. The van der Waals surface area contributed by atoms with Gasteiger partial charge in [-0.25, -0.2) is 18.1 Å². The maximum atomic E-state index is 12.1. The normalized spacial score (nSPS) is 11.5. The molecule has 124 valence electrons. The van der Waals surface area contributed by atoms with Crippen LogP contribution in [0.2, 0.25) is 0 Å². The van der Waals surface area contributed by atoms with Crippen LogP contribution in [0.3, 0.4) is 0 Å². The van der Waals surface area contributed by atoms with Gasteiger partial charge < -0.3 is 0 Å². The lowest BCUT2D eigenvalue weighted by Crippen LogP contribution is -2.25. The summed E-state index contributed by atoms with van der Waals surface area (Å²) in [5.74, 6) is 0. The maximum Gasteiger partial charge on any atom is 0.240 e. The van der Waals surface area contributed by atoms with E-state index in [1.165, 1.54) is 0 Å². The van der Waals surface area contributed by atoms with Gasteiger partial charge in [0.2, 0.25) is 10.0 Å². The molecule has 0 fully saturated rings. The molecule has 0 bridgehead atoms. The van der Waals surface area contributed by atoms with Crippen molar-refractivity contribution in [2.45, 2.75) is 17.7 Å². The van der Waals surface area contributed by atoms with Crippen LogP contribution in [0.15, 0.2) is 65.1 Å². The number of pyridine rings is 1. The molecule has 7 heteroatoms. The summed E-state index contributed by atoms with van der Waals surface area (Å²) in [6.07, 6.45) is 4.93. The lowest BCUT2D eigenvalue weighted by atomic mass is 10.2. The molecule has 0 aliphatic carbocycles. The summed E-state index contributed by atoms with van der Waals surface area (Å²) in [6, 6.07) is 12.2. The lowest BCUT2D eigenvalue weighted by Gasteiger charge is -2.05. The maximum absolute atomic E-state index is 12.1. The number of aromatic nitrogens is 2. The Labute approximate surface area is 145 Å². The molecule has 3 aromatic rings. The Morgan fingerprint density at radius 1 is 1.04 bits per heavy atom. The highest BCUT2D eigenvalue weighted by Crippen LogP contribution is 2.21. The monoisotopic (exact) mass is 359 g/mol. The van der Waals surface area contributed by atoms with Crippen LogP contribution in [-0.4, -0.2) is 24.9 Å². The highest BCUT2D eigenvalue weighted by molar-refractivity contribution is 7.89. The summed E-state index contributed by atoms with van der Waals surface area (Å²) in [4.78, 5) is 8.87. The van der Waals surface area contributed by atoms with Crippen molar-refractivity contribution in [2.75, 3.05) is 6.54 Å². The summed E-state index contributed by atoms with van der Waals surface area (Å²) in [7, 11) is -3.43. The molecular weight excluding hydrogens is 342 g/mol. The molecule has 0 unspecified atom stereocenters. The SMILES string of the molecule is O=S(=O)(NCCCc1nc(-c2ccncc2)cs1)c1ccccc1. The molecule has 2 heterocycles. The first kappa shape index (κ1) is 16.8. The van der Waals surface area contributed by atoms with Gasteiger partial charge >= 0.3 is 0 Å². The average Bonchev–Trinajstić information content (AvgIpc) is 3.09. The van der Waals surface area contributed by atoms with Crippen molar-refractivity contribution in [1.82, 2.24) is 14.7 Å². The first-order chi connectivity index (χ1) is 11.6. The van der Waals surface area contributed by atoms with E-state index in [2.05, 4.69) is 14.7 Å². The second-order valence-electron chi connectivity index (χ2n) is 5.18. The fourth-order valence-electron chi connectivity index (χ4n) is 2.21. The average molecular weight is 359 g/mol. The van der Waals surface area contributed by atoms with Crippen molar-refractivity contribution >= 4 is 21.4 Å². The number of rotatable bonds is 7. The minimum atomic E-state index is -3.43. The topological polar surface area (TPSA) is 72.0 Å². The Kier molecular flexibility index (Phi) is 5.34. The van der Waals surface area contributed by atoms with E-state index in [9.17, 15) is 8.42 Å². The van der Waals surface area contributed by atoms with Gasteiger partial charge in [-0.05, 0) is 30.7 Å². The summed E-state index contributed by atoms with van der Waals surface area (Å²) in [5, 5.41) is 3.01. The zero-order valence-electron chi connectivity index (χ0n) is 12.9. The molecule has 5 nitrogen and oxygen atoms in total. The Balaban J connectivity index is 1.52. The molecule has 0 radical (unpaired) electrons. The van der Waals surface area contributed by atoms with Gasteiger partial charge in [-0.2, -0.15) is 0 Å². The molecule has 0 spiro atoms. The van der Waals surface area contributed by atoms with Crippen molar-refractivity contribution < 1.29 is 8.42 Å². The van der Waals surface area contributed by atoms with Gasteiger partial charge in [0.05, 0.1) is 15.6 Å². The Bertz CT molecular complexity index is 878. The van der Waals surface area contributed by atoms with Crippen molar-refractivity contribution in [1.29, 1.82) is 0 Å². The van der Waals surface area contributed by atoms with Crippen LogP contribution in [-0.2, 0) is 16.4 Å². The number of aryl methyl sites for hydroxylation is 1. The zero-order valence-corrected chi connectivity index (χ0v) is 14.6. The Morgan fingerprint density at radius 3 is 2.54 bits per heavy atom. The Morgan fingerprint density at radius 2 is 1.79 bits per heavy atom. The standard InChI is InChI=1S/C17H17N3O2S2/c21-24(22,15-5-2-1-3-6-15)19-10-4-7-17-20-16(13-23-17)14-8-11-18-12-9-14/h1-3,5-6,8-9,11-13,19H,4,7,10H2. The summed E-state index contributed by atoms with van der Waals surface area (Å²) >= 11 is 1.59. The number of thiazole rings is 1. The van der Waals surface area contributed by atoms with Gasteiger partial charge in [-0.1, -0.05) is 18.2 Å². The summed E-state index contributed by atoms with van der Waals surface area (Å²) in [5.41, 5.74) is 1.97. The predicted octanol–water partition coefficient (Wildman–Crippen LogP) is 3.12. The highest BCUT2D eigenvalue weighted by atomic mass is 32.2. The molecular formula is C17H17N3O2S2. The summed E-state index contributed by atoms with van der Waals surface area (Å²) < 4.78 is 26.8. The van der Waals surface area contributed by atoms with E-state index in [0.29, 0.717) is 17.9 Å². The molecule has 0 aliphatic heterocycles. The fourth-order valence-corrected chi connectivity index (χ4v) is 4.15. The molecule has 24 heavy (non-hydrogen) atoms. The van der Waals surface area contributed by atoms with Gasteiger partial charge in [0.15, 0.2) is 0 Å². The third kappa shape index (κ3) is 4.25. The Hall–Kier alpha value is -2.09. The molecule has 0 amide bonds. The smallest absolute Gasteiger partial charge is 0.240 e. The minimum absolute atomic E-state index is 0.291. The van der Waals surface area contributed by atoms with E-state index in [1.54, 1.807) is 54.1 Å². The number of nitrogens with zero attached hydrogens (tertiary/aromatic N) is 2. The second kappa shape index (κ2) is 7.65. The van der Waals surface area contributed by atoms with Gasteiger partial charge in [0.1, 0.15) is 0 Å². The first-order valence-electron chi connectivity index (χ1n) is 7.55. The van der Waals surface area contributed by atoms with Crippen molar-refractivity contribution in [3.63, 3.8) is 0 Å². The molecule has 1 N–H and O–H groups in total. The van der Waals surface area contributed by atoms with Crippen LogP contribution in [0.1, 0.15) is 11.4 Å². The number of benzene rings is 1. The number of hydrogen-bond donors (Lipinski definition) is 1. The van der Waals surface area contributed by atoms with Crippen LogP contribution >= 0.6 is 11.3 Å². The molecule has 0 saturated heterocycles. The van der Waals surface area contributed by atoms with E-state index < -0.39 is 10.0 Å². The van der Waals surface area contributed by atoms with E-state index in [-0.39, 0.29) is 0 Å². The van der Waals surface area contributed by atoms with Crippen LogP contribution in [0.4, 0.5) is 0 Å². The van der Waals surface area contributed by atoms with Gasteiger partial charge in [-0.15, -0.1) is 11.3 Å². The van der Waals surface area contributed by atoms with Crippen LogP contribution in [0.25, 0.3) is 11.3 Å². The lowest BCUT2D eigenvalue weighted by molar-refractivity contribution is 0.579. The second-order valence-corrected chi connectivity index (χ2v) is 7.89. The van der Waals surface area contributed by atoms with E-state index >= 15 is 0 Å². The largest absolute Gasteiger partial charge is 0.265 e. The number of nitrogens with one attached hydrogen (secondary N) is 1. The van der Waals surface area contributed by atoms with Gasteiger partial charge in [-0.3, -0.25) is 4.98 Å². The predicted molar refractivity (Wildman–Crippen MR) is 95.3 cm³/mol. The first-order valence-corrected chi connectivity index (χ1v) is 9.91. The molecule has 0 atom stereocenters. The third-order valence-electron chi connectivity index (χ3n) is 3.44. The molecule has 1 aromatic carbocycles. The van der Waals surface area contributed by atoms with Crippen molar-refractivity contribution in [2.24, 2.45) is 0 Å². The molecule has 0 aliphatic rings. The highest BCUT2D eigenvalue weighted by Gasteiger charge is 2.12. The number of hydrogen-bond acceptors (Lipinski definition) is 5. The molecule has 3 rings (SSSR count). The van der Waals surface area contributed by atoms with Crippen LogP contribution in [0.5, 0.6) is 0 Å². The fraction of sp³-hybridized carbons (Fsp3) is 0.176. The molecule has 2 aromatic heterocycles. The van der Waals surface area contributed by atoms with Crippen molar-refractivity contribution in [3.05, 3.63) is 65.2 Å². The van der Waals surface area contributed by atoms with Crippen molar-refractivity contribution in [3.8, 4) is 11.3 Å². The quantitative estimate of drug-likeness (QED) is 0.658. The third-order valence-corrected chi connectivity index (χ3v) is 5.83. The van der Waals surface area contributed by atoms with E-state index in [0.717, 1.165) is 22.7 Å². The zero-order chi connectivity index (χ0) is 16.8. The van der Waals surface area contributed by atoms with Gasteiger partial charge in [0, 0.05) is 36.3 Å².